The lowest BCUT2D eigenvalue weighted by molar-refractivity contribution is -0.118. The second-order valence-electron chi connectivity index (χ2n) is 3.38. The number of hydrogen-bond donors (Lipinski definition) is 1. The van der Waals surface area contributed by atoms with Crippen LogP contribution in [0.4, 0.5) is 0 Å². The minimum Gasteiger partial charge on any atom is -0.345 e. The molecular weight excluding hydrogens is 218 g/mol. The van der Waals surface area contributed by atoms with Gasteiger partial charge in [0.25, 0.3) is 0 Å². The number of benzene rings is 1. The average Bonchev–Trinajstić information content (AvgIpc) is 2.71. The summed E-state index contributed by atoms with van der Waals surface area (Å²) in [6.07, 6.45) is 0. The Bertz CT molecular complexity index is 574. The zero-order valence-electron chi connectivity index (χ0n) is 8.91. The first-order valence-corrected chi connectivity index (χ1v) is 5.84. The van der Waals surface area contributed by atoms with Crippen molar-refractivity contribution in [3.05, 3.63) is 35.2 Å². The van der Waals surface area contributed by atoms with Crippen molar-refractivity contribution in [2.75, 3.05) is 6.54 Å². The lowest BCUT2D eigenvalue weighted by Crippen LogP contribution is -2.19. The summed E-state index contributed by atoms with van der Waals surface area (Å²) >= 11 is 1.71. The molecule has 80 valence electrons. The minimum absolute atomic E-state index is 0.0528. The van der Waals surface area contributed by atoms with Crippen molar-refractivity contribution >= 4 is 27.3 Å². The van der Waals surface area contributed by atoms with Crippen LogP contribution in [0.1, 0.15) is 12.5 Å². The largest absolute Gasteiger partial charge is 0.345 e. The Hall–Kier alpha value is -1.79. The molecule has 1 N–H and O–H groups in total. The second kappa shape index (κ2) is 4.82. The van der Waals surface area contributed by atoms with Crippen LogP contribution in [0, 0.1) is 11.8 Å². The fourth-order valence-electron chi connectivity index (χ4n) is 1.35. The van der Waals surface area contributed by atoms with Crippen LogP contribution >= 0.6 is 11.3 Å². The molecule has 0 spiro atoms. The average molecular weight is 229 g/mol. The summed E-state index contributed by atoms with van der Waals surface area (Å²) in [6, 6.07) is 8.22. The molecule has 1 heterocycles. The minimum atomic E-state index is -0.0528. The topological polar surface area (TPSA) is 29.1 Å². The highest BCUT2D eigenvalue weighted by molar-refractivity contribution is 7.17. The lowest BCUT2D eigenvalue weighted by atomic mass is 10.2. The molecule has 2 aromatic rings. The number of nitrogens with one attached hydrogen (secondary N) is 1. The molecule has 0 unspecified atom stereocenters. The van der Waals surface area contributed by atoms with Crippen LogP contribution in [0.15, 0.2) is 29.6 Å². The highest BCUT2D eigenvalue weighted by Crippen LogP contribution is 2.21. The van der Waals surface area contributed by atoms with E-state index in [1.54, 1.807) is 11.3 Å². The molecule has 0 aliphatic carbocycles. The van der Waals surface area contributed by atoms with Crippen molar-refractivity contribution in [3.63, 3.8) is 0 Å². The van der Waals surface area contributed by atoms with Gasteiger partial charge in [-0.15, -0.1) is 11.3 Å². The van der Waals surface area contributed by atoms with E-state index in [9.17, 15) is 4.79 Å². The van der Waals surface area contributed by atoms with Gasteiger partial charge in [0.2, 0.25) is 5.91 Å². The molecule has 0 atom stereocenters. The molecule has 1 aromatic heterocycles. The first-order chi connectivity index (χ1) is 7.75. The predicted molar refractivity (Wildman–Crippen MR) is 67.4 cm³/mol. The Morgan fingerprint density at radius 2 is 2.31 bits per heavy atom. The van der Waals surface area contributed by atoms with Crippen LogP contribution in [0.2, 0.25) is 0 Å². The van der Waals surface area contributed by atoms with E-state index in [2.05, 4.69) is 40.7 Å². The standard InChI is InChI=1S/C13H11NOS/c1-10(15)14-7-2-3-11-4-5-12-6-8-16-13(12)9-11/h4-6,8-9H,7H2,1H3,(H,14,15). The Balaban J connectivity index is 2.11. The SMILES string of the molecule is CC(=O)NCC#Cc1ccc2ccsc2c1. The van der Waals surface area contributed by atoms with Crippen LogP contribution in [-0.4, -0.2) is 12.5 Å². The molecule has 0 aliphatic heterocycles. The van der Waals surface area contributed by atoms with E-state index in [-0.39, 0.29) is 5.91 Å². The first-order valence-electron chi connectivity index (χ1n) is 4.96. The van der Waals surface area contributed by atoms with Gasteiger partial charge in [0, 0.05) is 17.2 Å². The van der Waals surface area contributed by atoms with Crippen LogP contribution in [-0.2, 0) is 4.79 Å². The van der Waals surface area contributed by atoms with Gasteiger partial charge in [-0.25, -0.2) is 0 Å². The predicted octanol–water partition coefficient (Wildman–Crippen LogP) is 2.39. The number of fused-ring (bicyclic) bond motifs is 1. The molecule has 0 fully saturated rings. The molecule has 0 radical (unpaired) electrons. The van der Waals surface area contributed by atoms with Crippen molar-refractivity contribution in [2.45, 2.75) is 6.92 Å². The molecule has 2 rings (SSSR count). The summed E-state index contributed by atoms with van der Waals surface area (Å²) in [7, 11) is 0. The maximum Gasteiger partial charge on any atom is 0.217 e. The molecule has 3 heteroatoms. The van der Waals surface area contributed by atoms with Crippen LogP contribution in [0.3, 0.4) is 0 Å². The number of hydrogen-bond acceptors (Lipinski definition) is 2. The van der Waals surface area contributed by atoms with Gasteiger partial charge in [-0.05, 0) is 29.0 Å². The normalized spacial score (nSPS) is 9.56. The number of rotatable bonds is 1. The molecule has 16 heavy (non-hydrogen) atoms. The van der Waals surface area contributed by atoms with E-state index in [4.69, 9.17) is 0 Å². The van der Waals surface area contributed by atoms with Crippen molar-refractivity contribution < 1.29 is 4.79 Å². The van der Waals surface area contributed by atoms with Gasteiger partial charge in [0.05, 0.1) is 6.54 Å². The molecule has 0 saturated heterocycles. The van der Waals surface area contributed by atoms with Gasteiger partial charge in [0.15, 0.2) is 0 Å². The first kappa shape index (κ1) is 10.7. The highest BCUT2D eigenvalue weighted by atomic mass is 32.1. The number of thiophene rings is 1. The van der Waals surface area contributed by atoms with Gasteiger partial charge in [-0.3, -0.25) is 4.79 Å². The Morgan fingerprint density at radius 1 is 1.44 bits per heavy atom. The van der Waals surface area contributed by atoms with Gasteiger partial charge in [-0.2, -0.15) is 0 Å². The van der Waals surface area contributed by atoms with E-state index in [1.165, 1.54) is 17.0 Å². The third-order valence-electron chi connectivity index (χ3n) is 2.11. The smallest absolute Gasteiger partial charge is 0.217 e. The van der Waals surface area contributed by atoms with Crippen LogP contribution in [0.25, 0.3) is 10.1 Å². The fraction of sp³-hybridized carbons (Fsp3) is 0.154. The highest BCUT2D eigenvalue weighted by Gasteiger charge is 1.94. The van der Waals surface area contributed by atoms with E-state index in [1.807, 2.05) is 6.07 Å². The Morgan fingerprint density at radius 3 is 3.12 bits per heavy atom. The van der Waals surface area contributed by atoms with E-state index >= 15 is 0 Å². The van der Waals surface area contributed by atoms with E-state index in [0.717, 1.165) is 5.56 Å². The summed E-state index contributed by atoms with van der Waals surface area (Å²) in [5.41, 5.74) is 0.986. The third-order valence-corrected chi connectivity index (χ3v) is 2.99. The summed E-state index contributed by atoms with van der Waals surface area (Å²) in [5.74, 6) is 5.88. The quantitative estimate of drug-likeness (QED) is 0.747. The Labute approximate surface area is 98.3 Å². The van der Waals surface area contributed by atoms with Crippen molar-refractivity contribution in [3.8, 4) is 11.8 Å². The van der Waals surface area contributed by atoms with Crippen LogP contribution < -0.4 is 5.32 Å². The lowest BCUT2D eigenvalue weighted by Gasteiger charge is -1.93. The summed E-state index contributed by atoms with van der Waals surface area (Å²) in [6.45, 7) is 1.89. The van der Waals surface area contributed by atoms with Gasteiger partial charge in [0.1, 0.15) is 0 Å². The third kappa shape index (κ3) is 2.62. The van der Waals surface area contributed by atoms with Gasteiger partial charge < -0.3 is 5.32 Å². The summed E-state index contributed by atoms with van der Waals surface area (Å²) in [5, 5.41) is 5.95. The Kier molecular flexibility index (Phi) is 3.23. The number of carbonyl (C=O) groups is 1. The molecule has 1 aromatic carbocycles. The van der Waals surface area contributed by atoms with E-state index < -0.39 is 0 Å². The molecule has 0 aliphatic rings. The van der Waals surface area contributed by atoms with Gasteiger partial charge >= 0.3 is 0 Å². The van der Waals surface area contributed by atoms with Crippen molar-refractivity contribution in [1.82, 2.24) is 5.32 Å². The van der Waals surface area contributed by atoms with Crippen molar-refractivity contribution in [2.24, 2.45) is 0 Å². The molecular formula is C13H11NOS. The molecule has 1 amide bonds. The maximum atomic E-state index is 10.6. The molecule has 0 bridgehead atoms. The fourth-order valence-corrected chi connectivity index (χ4v) is 2.18. The zero-order chi connectivity index (χ0) is 11.4. The second-order valence-corrected chi connectivity index (χ2v) is 4.33. The zero-order valence-corrected chi connectivity index (χ0v) is 9.73. The van der Waals surface area contributed by atoms with Gasteiger partial charge in [-0.1, -0.05) is 17.9 Å². The number of amides is 1. The monoisotopic (exact) mass is 229 g/mol. The maximum absolute atomic E-state index is 10.6. The molecule has 0 saturated carbocycles. The van der Waals surface area contributed by atoms with E-state index in [0.29, 0.717) is 6.54 Å². The summed E-state index contributed by atoms with van der Waals surface area (Å²) in [4.78, 5) is 10.6. The molecule has 2 nitrogen and oxygen atoms in total. The van der Waals surface area contributed by atoms with Crippen LogP contribution in [0.5, 0.6) is 0 Å². The number of carbonyl (C=O) groups excluding carboxylic acids is 1. The summed E-state index contributed by atoms with van der Waals surface area (Å²) < 4.78 is 1.24. The van der Waals surface area contributed by atoms with Crippen molar-refractivity contribution in [1.29, 1.82) is 0 Å².